The number of hydrogen-bond donors (Lipinski definition) is 0. The summed E-state index contributed by atoms with van der Waals surface area (Å²) >= 11 is 0. The molecule has 0 aromatic rings. The molecule has 1 fully saturated rings. The van der Waals surface area contributed by atoms with Crippen LogP contribution in [0.1, 0.15) is 32.1 Å². The van der Waals surface area contributed by atoms with Gasteiger partial charge in [0, 0.05) is 24.7 Å². The Hall–Kier alpha value is -1.30. The van der Waals surface area contributed by atoms with Gasteiger partial charge >= 0.3 is 5.97 Å². The van der Waals surface area contributed by atoms with Crippen LogP contribution in [0.25, 0.3) is 0 Å². The number of hydrogen-bond acceptors (Lipinski definition) is 3. The average molecular weight is 194 g/mol. The molecular formula is C11H14O3. The molecule has 1 rings (SSSR count). The Kier molecular flexibility index (Phi) is 4.18. The summed E-state index contributed by atoms with van der Waals surface area (Å²) in [6, 6.07) is 0. The maximum atomic E-state index is 11.4. The predicted octanol–water partition coefficient (Wildman–Crippen LogP) is 1.31. The second kappa shape index (κ2) is 5.43. The first-order valence-corrected chi connectivity index (χ1v) is 4.83. The van der Waals surface area contributed by atoms with E-state index in [1.165, 1.54) is 7.11 Å². The van der Waals surface area contributed by atoms with E-state index >= 15 is 0 Å². The van der Waals surface area contributed by atoms with Gasteiger partial charge in [0.1, 0.15) is 5.78 Å². The molecule has 1 unspecified atom stereocenters. The molecule has 0 radical (unpaired) electrons. The number of Topliss-reactive ketones (excluding diaryl/α,β-unsaturated/α-hetero) is 1. The van der Waals surface area contributed by atoms with Crippen molar-refractivity contribution in [2.75, 3.05) is 7.11 Å². The van der Waals surface area contributed by atoms with Crippen LogP contribution in [-0.2, 0) is 14.3 Å². The Labute approximate surface area is 83.8 Å². The smallest absolute Gasteiger partial charge is 0.384 e. The third kappa shape index (κ3) is 3.21. The largest absolute Gasteiger partial charge is 0.459 e. The molecule has 0 saturated heterocycles. The van der Waals surface area contributed by atoms with Crippen molar-refractivity contribution in [2.24, 2.45) is 5.92 Å². The lowest BCUT2D eigenvalue weighted by Gasteiger charge is -2.17. The standard InChI is InChI=1S/C11H14O3/c1-14-11(13)8-4-6-9-5-2-3-7-10(9)12/h9H,2-3,5-7H2,1H3. The molecule has 0 N–H and O–H groups in total. The lowest BCUT2D eigenvalue weighted by molar-refractivity contribution is -0.133. The second-order valence-corrected chi connectivity index (χ2v) is 3.41. The van der Waals surface area contributed by atoms with E-state index in [1.807, 2.05) is 0 Å². The molecule has 1 atom stereocenters. The molecule has 0 spiro atoms. The molecule has 0 aromatic carbocycles. The van der Waals surface area contributed by atoms with Crippen LogP contribution in [0.3, 0.4) is 0 Å². The van der Waals surface area contributed by atoms with Crippen molar-refractivity contribution in [3.63, 3.8) is 0 Å². The first-order valence-electron chi connectivity index (χ1n) is 4.83. The van der Waals surface area contributed by atoms with Crippen LogP contribution < -0.4 is 0 Å². The average Bonchev–Trinajstić information content (AvgIpc) is 2.20. The molecule has 3 nitrogen and oxygen atoms in total. The summed E-state index contributed by atoms with van der Waals surface area (Å²) in [5.41, 5.74) is 0. The first-order chi connectivity index (χ1) is 6.74. The molecule has 1 saturated carbocycles. The zero-order valence-electron chi connectivity index (χ0n) is 8.34. The summed E-state index contributed by atoms with van der Waals surface area (Å²) in [4.78, 5) is 22.0. The van der Waals surface area contributed by atoms with Crippen LogP contribution in [0.15, 0.2) is 0 Å². The predicted molar refractivity (Wildman–Crippen MR) is 51.4 cm³/mol. The number of rotatable bonds is 1. The Morgan fingerprint density at radius 3 is 3.00 bits per heavy atom. The maximum absolute atomic E-state index is 11.4. The Morgan fingerprint density at radius 2 is 2.36 bits per heavy atom. The molecule has 0 amide bonds. The van der Waals surface area contributed by atoms with Crippen LogP contribution in [0.5, 0.6) is 0 Å². The van der Waals surface area contributed by atoms with Gasteiger partial charge in [-0.25, -0.2) is 4.79 Å². The van der Waals surface area contributed by atoms with Crippen molar-refractivity contribution in [2.45, 2.75) is 32.1 Å². The first kappa shape index (κ1) is 10.8. The fraction of sp³-hybridized carbons (Fsp3) is 0.636. The normalized spacial score (nSPS) is 20.9. The summed E-state index contributed by atoms with van der Waals surface area (Å²) in [7, 11) is 1.29. The zero-order valence-corrected chi connectivity index (χ0v) is 8.34. The second-order valence-electron chi connectivity index (χ2n) is 3.41. The van der Waals surface area contributed by atoms with Crippen LogP contribution in [-0.4, -0.2) is 18.9 Å². The van der Waals surface area contributed by atoms with E-state index in [4.69, 9.17) is 0 Å². The topological polar surface area (TPSA) is 43.4 Å². The van der Waals surface area contributed by atoms with Gasteiger partial charge in [-0.3, -0.25) is 4.79 Å². The van der Waals surface area contributed by atoms with Gasteiger partial charge < -0.3 is 4.74 Å². The third-order valence-electron chi connectivity index (χ3n) is 2.41. The Balaban J connectivity index is 2.38. The molecule has 76 valence electrons. The van der Waals surface area contributed by atoms with Gasteiger partial charge in [-0.2, -0.15) is 0 Å². The monoisotopic (exact) mass is 194 g/mol. The minimum atomic E-state index is -0.534. The summed E-state index contributed by atoms with van der Waals surface area (Å²) in [6.07, 6.45) is 4.17. The summed E-state index contributed by atoms with van der Waals surface area (Å²) in [6.45, 7) is 0. The molecule has 0 heterocycles. The van der Waals surface area contributed by atoms with Crippen molar-refractivity contribution < 1.29 is 14.3 Å². The molecule has 14 heavy (non-hydrogen) atoms. The van der Waals surface area contributed by atoms with Crippen molar-refractivity contribution >= 4 is 11.8 Å². The van der Waals surface area contributed by atoms with Crippen molar-refractivity contribution in [3.05, 3.63) is 0 Å². The lowest BCUT2D eigenvalue weighted by Crippen LogP contribution is -2.18. The Morgan fingerprint density at radius 1 is 1.57 bits per heavy atom. The van der Waals surface area contributed by atoms with Gasteiger partial charge in [-0.05, 0) is 12.8 Å². The van der Waals surface area contributed by atoms with E-state index in [-0.39, 0.29) is 11.7 Å². The summed E-state index contributed by atoms with van der Waals surface area (Å²) in [5, 5.41) is 0. The molecule has 0 aromatic heterocycles. The van der Waals surface area contributed by atoms with Gasteiger partial charge in [-0.1, -0.05) is 12.3 Å². The number of esters is 1. The van der Waals surface area contributed by atoms with E-state index in [9.17, 15) is 9.59 Å². The molecule has 1 aliphatic carbocycles. The van der Waals surface area contributed by atoms with Crippen molar-refractivity contribution in [1.82, 2.24) is 0 Å². The van der Waals surface area contributed by atoms with E-state index in [2.05, 4.69) is 16.6 Å². The van der Waals surface area contributed by atoms with Gasteiger partial charge in [0.25, 0.3) is 0 Å². The number of carbonyl (C=O) groups is 2. The number of ether oxygens (including phenoxy) is 1. The van der Waals surface area contributed by atoms with Crippen molar-refractivity contribution in [1.29, 1.82) is 0 Å². The zero-order chi connectivity index (χ0) is 10.4. The van der Waals surface area contributed by atoms with Gasteiger partial charge in [0.15, 0.2) is 0 Å². The van der Waals surface area contributed by atoms with E-state index in [0.29, 0.717) is 12.8 Å². The summed E-state index contributed by atoms with van der Waals surface area (Å²) < 4.78 is 4.37. The molecule has 3 heteroatoms. The van der Waals surface area contributed by atoms with Gasteiger partial charge in [-0.15, -0.1) is 0 Å². The minimum Gasteiger partial charge on any atom is -0.459 e. The fourth-order valence-corrected chi connectivity index (χ4v) is 1.57. The van der Waals surface area contributed by atoms with Crippen LogP contribution in [0.2, 0.25) is 0 Å². The SMILES string of the molecule is COC(=O)C#CCC1CCCCC1=O. The molecular weight excluding hydrogens is 180 g/mol. The van der Waals surface area contributed by atoms with E-state index in [0.717, 1.165) is 19.3 Å². The third-order valence-corrected chi connectivity index (χ3v) is 2.41. The highest BCUT2D eigenvalue weighted by molar-refractivity contribution is 5.88. The number of methoxy groups -OCH3 is 1. The molecule has 0 bridgehead atoms. The van der Waals surface area contributed by atoms with E-state index < -0.39 is 5.97 Å². The maximum Gasteiger partial charge on any atom is 0.384 e. The highest BCUT2D eigenvalue weighted by Crippen LogP contribution is 2.22. The van der Waals surface area contributed by atoms with Gasteiger partial charge in [0.2, 0.25) is 0 Å². The molecule has 0 aliphatic heterocycles. The quantitative estimate of drug-likeness (QED) is 0.359. The van der Waals surface area contributed by atoms with Crippen LogP contribution in [0, 0.1) is 17.8 Å². The lowest BCUT2D eigenvalue weighted by atomic mass is 9.86. The van der Waals surface area contributed by atoms with Crippen LogP contribution >= 0.6 is 0 Å². The van der Waals surface area contributed by atoms with Crippen LogP contribution in [0.4, 0.5) is 0 Å². The minimum absolute atomic E-state index is 0.0425. The highest BCUT2D eigenvalue weighted by atomic mass is 16.5. The number of carbonyl (C=O) groups excluding carboxylic acids is 2. The summed E-state index contributed by atoms with van der Waals surface area (Å²) in [5.74, 6) is 4.82. The highest BCUT2D eigenvalue weighted by Gasteiger charge is 2.20. The van der Waals surface area contributed by atoms with Crippen molar-refractivity contribution in [3.8, 4) is 11.8 Å². The number of ketones is 1. The van der Waals surface area contributed by atoms with Gasteiger partial charge in [0.05, 0.1) is 7.11 Å². The molecule has 1 aliphatic rings. The Bertz CT molecular complexity index is 283. The van der Waals surface area contributed by atoms with E-state index in [1.54, 1.807) is 0 Å². The fourth-order valence-electron chi connectivity index (χ4n) is 1.57.